The van der Waals surface area contributed by atoms with E-state index in [4.69, 9.17) is 5.14 Å². The van der Waals surface area contributed by atoms with Crippen LogP contribution < -0.4 is 10.5 Å². The van der Waals surface area contributed by atoms with Gasteiger partial charge in [-0.1, -0.05) is 41.7 Å². The van der Waals surface area contributed by atoms with E-state index in [1.165, 1.54) is 23.5 Å². The quantitative estimate of drug-likeness (QED) is 0.729. The number of benzene rings is 2. The second kappa shape index (κ2) is 6.68. The molecule has 0 spiro atoms. The van der Waals surface area contributed by atoms with E-state index in [0.717, 1.165) is 5.56 Å². The van der Waals surface area contributed by atoms with Crippen LogP contribution in [0.15, 0.2) is 53.4 Å². The zero-order valence-electron chi connectivity index (χ0n) is 12.6. The van der Waals surface area contributed by atoms with Crippen LogP contribution in [0.25, 0.3) is 10.2 Å². The lowest BCUT2D eigenvalue weighted by atomic mass is 10.1. The SMILES string of the molecule is NS(=O)(=O)c1ccc2nc(NC(=O)CCc3ccccc3)sc2c1. The van der Waals surface area contributed by atoms with Crippen LogP contribution in [0.2, 0.25) is 0 Å². The topological polar surface area (TPSA) is 102 Å². The molecule has 2 aromatic carbocycles. The van der Waals surface area contributed by atoms with Crippen LogP contribution >= 0.6 is 11.3 Å². The second-order valence-corrected chi connectivity index (χ2v) is 7.82. The van der Waals surface area contributed by atoms with Crippen molar-refractivity contribution in [1.82, 2.24) is 4.98 Å². The standard InChI is InChI=1S/C16H15N3O3S2/c17-24(21,22)12-7-8-13-14(10-12)23-16(18-13)19-15(20)9-6-11-4-2-1-3-5-11/h1-5,7-8,10H,6,9H2,(H2,17,21,22)(H,18,19,20). The molecule has 124 valence electrons. The molecule has 6 nitrogen and oxygen atoms in total. The Balaban J connectivity index is 1.70. The molecule has 8 heteroatoms. The number of hydrogen-bond acceptors (Lipinski definition) is 5. The minimum Gasteiger partial charge on any atom is -0.302 e. The molecule has 0 unspecified atom stereocenters. The lowest BCUT2D eigenvalue weighted by Crippen LogP contribution is -2.12. The highest BCUT2D eigenvalue weighted by Gasteiger charge is 2.12. The van der Waals surface area contributed by atoms with Crippen molar-refractivity contribution in [3.05, 3.63) is 54.1 Å². The van der Waals surface area contributed by atoms with Gasteiger partial charge in [-0.2, -0.15) is 0 Å². The number of thiazole rings is 1. The molecule has 0 fully saturated rings. The van der Waals surface area contributed by atoms with Gasteiger partial charge in [-0.15, -0.1) is 0 Å². The first-order chi connectivity index (χ1) is 11.4. The van der Waals surface area contributed by atoms with Gasteiger partial charge in [0.2, 0.25) is 15.9 Å². The first-order valence-corrected chi connectivity index (χ1v) is 9.55. The van der Waals surface area contributed by atoms with E-state index in [0.29, 0.717) is 28.2 Å². The smallest absolute Gasteiger partial charge is 0.238 e. The Morgan fingerprint density at radius 2 is 1.92 bits per heavy atom. The van der Waals surface area contributed by atoms with Gasteiger partial charge in [-0.05, 0) is 30.2 Å². The minimum absolute atomic E-state index is 0.0283. The third-order valence-corrected chi connectivity index (χ3v) is 5.26. The number of aryl methyl sites for hydroxylation is 1. The van der Waals surface area contributed by atoms with Crippen LogP contribution in [-0.2, 0) is 21.2 Å². The number of nitrogens with two attached hydrogens (primary N) is 1. The van der Waals surface area contributed by atoms with E-state index >= 15 is 0 Å². The number of carbonyl (C=O) groups is 1. The molecule has 0 atom stereocenters. The van der Waals surface area contributed by atoms with Crippen LogP contribution in [0.3, 0.4) is 0 Å². The molecular weight excluding hydrogens is 346 g/mol. The third-order valence-electron chi connectivity index (χ3n) is 3.42. The normalized spacial score (nSPS) is 11.5. The summed E-state index contributed by atoms with van der Waals surface area (Å²) < 4.78 is 23.4. The van der Waals surface area contributed by atoms with Gasteiger partial charge in [-0.25, -0.2) is 18.5 Å². The monoisotopic (exact) mass is 361 g/mol. The number of nitrogens with one attached hydrogen (secondary N) is 1. The van der Waals surface area contributed by atoms with Crippen molar-refractivity contribution in [3.8, 4) is 0 Å². The van der Waals surface area contributed by atoms with Crippen LogP contribution in [0.1, 0.15) is 12.0 Å². The fourth-order valence-corrected chi connectivity index (χ4v) is 3.76. The predicted molar refractivity (Wildman–Crippen MR) is 94.4 cm³/mol. The predicted octanol–water partition coefficient (Wildman–Crippen LogP) is 2.52. The molecule has 0 bridgehead atoms. The number of carbonyl (C=O) groups excluding carboxylic acids is 1. The average Bonchev–Trinajstić information content (AvgIpc) is 2.94. The van der Waals surface area contributed by atoms with E-state index in [9.17, 15) is 13.2 Å². The number of anilines is 1. The molecule has 3 N–H and O–H groups in total. The highest BCUT2D eigenvalue weighted by Crippen LogP contribution is 2.28. The van der Waals surface area contributed by atoms with Crippen LogP contribution in [0.4, 0.5) is 5.13 Å². The number of amides is 1. The van der Waals surface area contributed by atoms with E-state index in [1.54, 1.807) is 6.07 Å². The van der Waals surface area contributed by atoms with Crippen molar-refractivity contribution in [3.63, 3.8) is 0 Å². The summed E-state index contributed by atoms with van der Waals surface area (Å²) in [4.78, 5) is 16.3. The maximum Gasteiger partial charge on any atom is 0.238 e. The fraction of sp³-hybridized carbons (Fsp3) is 0.125. The summed E-state index contributed by atoms with van der Waals surface area (Å²) in [7, 11) is -3.76. The molecule has 0 saturated heterocycles. The lowest BCUT2D eigenvalue weighted by Gasteiger charge is -2.01. The van der Waals surface area contributed by atoms with Gasteiger partial charge in [0, 0.05) is 6.42 Å². The molecule has 1 amide bonds. The highest BCUT2D eigenvalue weighted by atomic mass is 32.2. The number of fused-ring (bicyclic) bond motifs is 1. The second-order valence-electron chi connectivity index (χ2n) is 5.23. The molecule has 0 aliphatic heterocycles. The maximum absolute atomic E-state index is 12.0. The molecule has 24 heavy (non-hydrogen) atoms. The van der Waals surface area contributed by atoms with E-state index in [2.05, 4.69) is 10.3 Å². The van der Waals surface area contributed by atoms with Gasteiger partial charge in [-0.3, -0.25) is 4.79 Å². The summed E-state index contributed by atoms with van der Waals surface area (Å²) in [5.74, 6) is -0.135. The van der Waals surface area contributed by atoms with Crippen LogP contribution in [0.5, 0.6) is 0 Å². The molecule has 0 radical (unpaired) electrons. The van der Waals surface area contributed by atoms with Crippen molar-refractivity contribution < 1.29 is 13.2 Å². The summed E-state index contributed by atoms with van der Waals surface area (Å²) in [5, 5.41) is 8.30. The first-order valence-electron chi connectivity index (χ1n) is 7.19. The number of rotatable bonds is 5. The summed E-state index contributed by atoms with van der Waals surface area (Å²) in [6.07, 6.45) is 0.996. The van der Waals surface area contributed by atoms with E-state index in [1.807, 2.05) is 30.3 Å². The molecule has 0 aliphatic rings. The zero-order chi connectivity index (χ0) is 17.2. The van der Waals surface area contributed by atoms with Gasteiger partial charge in [0.1, 0.15) is 0 Å². The van der Waals surface area contributed by atoms with Crippen molar-refractivity contribution in [2.45, 2.75) is 17.7 Å². The molecule has 3 rings (SSSR count). The third kappa shape index (κ3) is 3.97. The Labute approximate surface area is 143 Å². The number of aromatic nitrogens is 1. The Kier molecular flexibility index (Phi) is 4.61. The molecular formula is C16H15N3O3S2. The number of primary sulfonamides is 1. The number of hydrogen-bond donors (Lipinski definition) is 2. The number of nitrogens with zero attached hydrogens (tertiary/aromatic N) is 1. The first kappa shape index (κ1) is 16.6. The highest BCUT2D eigenvalue weighted by molar-refractivity contribution is 7.89. The average molecular weight is 361 g/mol. The van der Waals surface area contributed by atoms with Crippen molar-refractivity contribution in [1.29, 1.82) is 0 Å². The Morgan fingerprint density at radius 1 is 1.17 bits per heavy atom. The zero-order valence-corrected chi connectivity index (χ0v) is 14.2. The maximum atomic E-state index is 12.0. The van der Waals surface area contributed by atoms with Crippen molar-refractivity contribution >= 4 is 42.6 Å². The summed E-state index contributed by atoms with van der Waals surface area (Å²) in [5.41, 5.74) is 1.71. The largest absolute Gasteiger partial charge is 0.302 e. The van der Waals surface area contributed by atoms with Crippen molar-refractivity contribution in [2.24, 2.45) is 5.14 Å². The van der Waals surface area contributed by atoms with E-state index in [-0.39, 0.29) is 10.8 Å². The molecule has 0 aliphatic carbocycles. The van der Waals surface area contributed by atoms with Gasteiger partial charge in [0.25, 0.3) is 0 Å². The summed E-state index contributed by atoms with van der Waals surface area (Å²) in [6, 6.07) is 14.2. The molecule has 0 saturated carbocycles. The Bertz CT molecular complexity index is 982. The van der Waals surface area contributed by atoms with Crippen molar-refractivity contribution in [2.75, 3.05) is 5.32 Å². The lowest BCUT2D eigenvalue weighted by molar-refractivity contribution is -0.116. The van der Waals surface area contributed by atoms with E-state index < -0.39 is 10.0 Å². The molecule has 1 heterocycles. The Morgan fingerprint density at radius 3 is 2.62 bits per heavy atom. The van der Waals surface area contributed by atoms with Crippen LogP contribution in [-0.4, -0.2) is 19.3 Å². The Hall–Kier alpha value is -2.29. The van der Waals surface area contributed by atoms with Gasteiger partial charge in [0.05, 0.1) is 15.1 Å². The summed E-state index contributed by atoms with van der Waals surface area (Å²) >= 11 is 1.21. The molecule has 1 aromatic heterocycles. The van der Waals surface area contributed by atoms with Crippen LogP contribution in [0, 0.1) is 0 Å². The van der Waals surface area contributed by atoms with Gasteiger partial charge in [0.15, 0.2) is 5.13 Å². The fourth-order valence-electron chi connectivity index (χ4n) is 2.22. The molecule has 3 aromatic rings. The van der Waals surface area contributed by atoms with Gasteiger partial charge >= 0.3 is 0 Å². The minimum atomic E-state index is -3.76. The number of sulfonamides is 1. The summed E-state index contributed by atoms with van der Waals surface area (Å²) in [6.45, 7) is 0. The van der Waals surface area contributed by atoms with Gasteiger partial charge < -0.3 is 5.32 Å².